The van der Waals surface area contributed by atoms with Crippen molar-refractivity contribution in [2.75, 3.05) is 13.7 Å². The molecule has 0 radical (unpaired) electrons. The Bertz CT molecular complexity index is 417. The van der Waals surface area contributed by atoms with E-state index in [4.69, 9.17) is 4.74 Å². The van der Waals surface area contributed by atoms with Gasteiger partial charge in [0.1, 0.15) is 11.4 Å². The number of methoxy groups -OCH3 is 1. The monoisotopic (exact) mass is 266 g/mol. The highest BCUT2D eigenvalue weighted by Gasteiger charge is 2.36. The van der Waals surface area contributed by atoms with Crippen molar-refractivity contribution in [1.29, 1.82) is 0 Å². The Morgan fingerprint density at radius 1 is 1.28 bits per heavy atom. The van der Waals surface area contributed by atoms with Crippen LogP contribution < -0.4 is 0 Å². The van der Waals surface area contributed by atoms with Crippen molar-refractivity contribution in [2.45, 2.75) is 25.1 Å². The van der Waals surface area contributed by atoms with Gasteiger partial charge in [-0.05, 0) is 24.1 Å². The Balaban J connectivity index is 3.18. The zero-order chi connectivity index (χ0) is 14.0. The van der Waals surface area contributed by atoms with Crippen molar-refractivity contribution >= 4 is 0 Å². The predicted octanol–water partition coefficient (Wildman–Crippen LogP) is 3.09. The molecule has 1 aromatic carbocycles. The molecule has 0 amide bonds. The van der Waals surface area contributed by atoms with Gasteiger partial charge in [0.25, 0.3) is 0 Å². The first kappa shape index (κ1) is 14.9. The molecule has 0 aliphatic rings. The lowest BCUT2D eigenvalue weighted by atomic mass is 9.91. The summed E-state index contributed by atoms with van der Waals surface area (Å²) in [6.45, 7) is 1.52. The fourth-order valence-corrected chi connectivity index (χ4v) is 1.66. The van der Waals surface area contributed by atoms with Crippen LogP contribution in [0.15, 0.2) is 18.2 Å². The van der Waals surface area contributed by atoms with Crippen molar-refractivity contribution in [1.82, 2.24) is 0 Å². The molecule has 0 fully saturated rings. The molecule has 0 aliphatic heterocycles. The van der Waals surface area contributed by atoms with Crippen LogP contribution in [-0.4, -0.2) is 18.8 Å². The Hall–Kier alpha value is -1.14. The molecule has 0 bridgehead atoms. The molecule has 1 rings (SSSR count). The molecule has 0 spiro atoms. The topological polar surface area (TPSA) is 29.5 Å². The van der Waals surface area contributed by atoms with Gasteiger partial charge in [-0.3, -0.25) is 0 Å². The van der Waals surface area contributed by atoms with Gasteiger partial charge in [0.2, 0.25) is 0 Å². The van der Waals surface area contributed by atoms with Gasteiger partial charge in [-0.15, -0.1) is 0 Å². The number of halogens is 4. The normalized spacial score (nSPS) is 15.5. The van der Waals surface area contributed by atoms with Crippen LogP contribution in [0.5, 0.6) is 0 Å². The van der Waals surface area contributed by atoms with Crippen LogP contribution in [0, 0.1) is 5.82 Å². The highest BCUT2D eigenvalue weighted by Crippen LogP contribution is 2.34. The number of hydrogen-bond acceptors (Lipinski definition) is 2. The van der Waals surface area contributed by atoms with E-state index in [0.29, 0.717) is 12.1 Å². The lowest BCUT2D eigenvalue weighted by Crippen LogP contribution is -2.30. The zero-order valence-electron chi connectivity index (χ0n) is 10.0. The fraction of sp³-hybridized carbons (Fsp3) is 0.500. The lowest BCUT2D eigenvalue weighted by Gasteiger charge is -2.26. The zero-order valence-corrected chi connectivity index (χ0v) is 10.0. The first-order valence-corrected chi connectivity index (χ1v) is 5.33. The Labute approximate surface area is 102 Å². The second-order valence-electron chi connectivity index (χ2n) is 4.01. The average molecular weight is 266 g/mol. The van der Waals surface area contributed by atoms with Crippen molar-refractivity contribution < 1.29 is 27.4 Å². The maximum atomic E-state index is 13.4. The van der Waals surface area contributed by atoms with Crippen molar-refractivity contribution in [2.24, 2.45) is 0 Å². The average Bonchev–Trinajstić information content (AvgIpc) is 2.27. The first-order chi connectivity index (χ1) is 8.24. The number of aliphatic hydroxyl groups is 1. The molecule has 0 heterocycles. The number of ether oxygens (including phenoxy) is 1. The summed E-state index contributed by atoms with van der Waals surface area (Å²) in [5.74, 6) is -1.40. The van der Waals surface area contributed by atoms with E-state index in [9.17, 15) is 22.7 Å². The summed E-state index contributed by atoms with van der Waals surface area (Å²) in [7, 11) is 1.35. The molecule has 18 heavy (non-hydrogen) atoms. The summed E-state index contributed by atoms with van der Waals surface area (Å²) in [6, 6.07) is 2.39. The summed E-state index contributed by atoms with van der Waals surface area (Å²) in [6.07, 6.45) is -4.54. The summed E-state index contributed by atoms with van der Waals surface area (Å²) in [5.41, 5.74) is -2.76. The summed E-state index contributed by atoms with van der Waals surface area (Å²) >= 11 is 0. The standard InChI is InChI=1S/C12H14F4O2/c1-3-11(17,7-18-2)8-4-5-9(10(13)6-8)12(14,15)16/h4-6,17H,3,7H2,1-2H3. The van der Waals surface area contributed by atoms with Crippen LogP contribution in [0.25, 0.3) is 0 Å². The van der Waals surface area contributed by atoms with Gasteiger partial charge in [-0.2, -0.15) is 13.2 Å². The van der Waals surface area contributed by atoms with Gasteiger partial charge in [0.05, 0.1) is 12.2 Å². The summed E-state index contributed by atoms with van der Waals surface area (Å²) in [5, 5.41) is 10.1. The van der Waals surface area contributed by atoms with Crippen LogP contribution >= 0.6 is 0 Å². The molecule has 0 aliphatic carbocycles. The van der Waals surface area contributed by atoms with E-state index in [1.165, 1.54) is 7.11 Å². The molecule has 1 aromatic rings. The third-order valence-corrected chi connectivity index (χ3v) is 2.78. The van der Waals surface area contributed by atoms with Crippen molar-refractivity contribution in [3.8, 4) is 0 Å². The van der Waals surface area contributed by atoms with E-state index in [0.717, 1.165) is 6.07 Å². The molecule has 1 unspecified atom stereocenters. The maximum Gasteiger partial charge on any atom is 0.419 e. The minimum absolute atomic E-state index is 0.0670. The molecule has 1 atom stereocenters. The number of hydrogen-bond donors (Lipinski definition) is 1. The molecule has 0 saturated carbocycles. The number of alkyl halides is 3. The van der Waals surface area contributed by atoms with Gasteiger partial charge < -0.3 is 9.84 Å². The van der Waals surface area contributed by atoms with Gasteiger partial charge in [-0.25, -0.2) is 4.39 Å². The second kappa shape index (κ2) is 5.24. The predicted molar refractivity (Wildman–Crippen MR) is 57.5 cm³/mol. The smallest absolute Gasteiger partial charge is 0.383 e. The lowest BCUT2D eigenvalue weighted by molar-refractivity contribution is -0.140. The van der Waals surface area contributed by atoms with Gasteiger partial charge in [0, 0.05) is 7.11 Å². The summed E-state index contributed by atoms with van der Waals surface area (Å²) in [4.78, 5) is 0. The molecular formula is C12H14F4O2. The Morgan fingerprint density at radius 3 is 2.28 bits per heavy atom. The molecule has 0 saturated heterocycles. The molecule has 1 N–H and O–H groups in total. The van der Waals surface area contributed by atoms with Crippen LogP contribution in [0.4, 0.5) is 17.6 Å². The van der Waals surface area contributed by atoms with E-state index >= 15 is 0 Å². The molecular weight excluding hydrogens is 252 g/mol. The minimum Gasteiger partial charge on any atom is -0.383 e. The quantitative estimate of drug-likeness (QED) is 0.849. The van der Waals surface area contributed by atoms with E-state index in [1.54, 1.807) is 6.92 Å². The van der Waals surface area contributed by atoms with E-state index < -0.39 is 23.2 Å². The fourth-order valence-electron chi connectivity index (χ4n) is 1.66. The van der Waals surface area contributed by atoms with Crippen LogP contribution in [0.3, 0.4) is 0 Å². The minimum atomic E-state index is -4.74. The van der Waals surface area contributed by atoms with E-state index in [-0.39, 0.29) is 18.6 Å². The number of benzene rings is 1. The summed E-state index contributed by atoms with van der Waals surface area (Å²) < 4.78 is 55.3. The van der Waals surface area contributed by atoms with E-state index in [1.807, 2.05) is 0 Å². The highest BCUT2D eigenvalue weighted by molar-refractivity contribution is 5.30. The SMILES string of the molecule is CCC(O)(COC)c1ccc(C(F)(F)F)c(F)c1. The van der Waals surface area contributed by atoms with Crippen molar-refractivity contribution in [3.63, 3.8) is 0 Å². The Kier molecular flexibility index (Phi) is 4.34. The molecule has 102 valence electrons. The molecule has 0 aromatic heterocycles. The second-order valence-corrected chi connectivity index (χ2v) is 4.01. The van der Waals surface area contributed by atoms with Gasteiger partial charge >= 0.3 is 6.18 Å². The third kappa shape index (κ3) is 3.00. The third-order valence-electron chi connectivity index (χ3n) is 2.78. The van der Waals surface area contributed by atoms with Crippen LogP contribution in [-0.2, 0) is 16.5 Å². The first-order valence-electron chi connectivity index (χ1n) is 5.33. The van der Waals surface area contributed by atoms with Crippen LogP contribution in [0.2, 0.25) is 0 Å². The Morgan fingerprint density at radius 2 is 1.89 bits per heavy atom. The number of rotatable bonds is 4. The molecule has 2 nitrogen and oxygen atoms in total. The molecule has 6 heteroatoms. The maximum absolute atomic E-state index is 13.4. The van der Waals surface area contributed by atoms with Crippen molar-refractivity contribution in [3.05, 3.63) is 35.1 Å². The van der Waals surface area contributed by atoms with Crippen LogP contribution in [0.1, 0.15) is 24.5 Å². The van der Waals surface area contributed by atoms with Gasteiger partial charge in [-0.1, -0.05) is 13.0 Å². The van der Waals surface area contributed by atoms with E-state index in [2.05, 4.69) is 0 Å². The van der Waals surface area contributed by atoms with Gasteiger partial charge in [0.15, 0.2) is 0 Å². The largest absolute Gasteiger partial charge is 0.419 e. The highest BCUT2D eigenvalue weighted by atomic mass is 19.4.